The molecule has 1 rings (SSSR count). The van der Waals surface area contributed by atoms with Crippen LogP contribution >= 0.6 is 15.9 Å². The van der Waals surface area contributed by atoms with E-state index < -0.39 is 0 Å². The fraction of sp³-hybridized carbons (Fsp3) is 1.00. The van der Waals surface area contributed by atoms with Gasteiger partial charge in [-0.3, -0.25) is 0 Å². The van der Waals surface area contributed by atoms with E-state index in [0.29, 0.717) is 16.3 Å². The average molecular weight is 293 g/mol. The van der Waals surface area contributed by atoms with Gasteiger partial charge in [-0.15, -0.1) is 0 Å². The number of halogens is 1. The highest BCUT2D eigenvalue weighted by atomic mass is 79.9. The summed E-state index contributed by atoms with van der Waals surface area (Å²) in [4.78, 5) is 0.616. The lowest BCUT2D eigenvalue weighted by Crippen LogP contribution is -2.53. The summed E-state index contributed by atoms with van der Waals surface area (Å²) in [6.07, 6.45) is 3.67. The lowest BCUT2D eigenvalue weighted by Gasteiger charge is -2.51. The van der Waals surface area contributed by atoms with E-state index in [1.165, 1.54) is 6.42 Å². The van der Waals surface area contributed by atoms with Crippen molar-refractivity contribution in [3.8, 4) is 0 Å². The summed E-state index contributed by atoms with van der Waals surface area (Å²) in [6.45, 7) is 9.54. The summed E-state index contributed by atoms with van der Waals surface area (Å²) in [6, 6.07) is 0. The molecular formula is C13H25BrO2. The molecule has 1 aliphatic rings. The molecule has 0 aliphatic heterocycles. The first kappa shape index (κ1) is 14.5. The van der Waals surface area contributed by atoms with Crippen LogP contribution in [0.15, 0.2) is 0 Å². The molecule has 1 saturated carbocycles. The zero-order chi connectivity index (χ0) is 12.4. The second-order valence-electron chi connectivity index (χ2n) is 5.64. The molecule has 0 radical (unpaired) electrons. The van der Waals surface area contributed by atoms with Gasteiger partial charge in [0.1, 0.15) is 0 Å². The lowest BCUT2D eigenvalue weighted by molar-refractivity contribution is -0.110. The minimum atomic E-state index is -0.0693. The normalized spacial score (nSPS) is 34.9. The molecule has 1 aliphatic carbocycles. The maximum atomic E-state index is 5.98. The molecule has 0 spiro atoms. The van der Waals surface area contributed by atoms with Crippen LogP contribution in [0.5, 0.6) is 0 Å². The third kappa shape index (κ3) is 2.99. The molecule has 16 heavy (non-hydrogen) atoms. The Bertz CT molecular complexity index is 230. The van der Waals surface area contributed by atoms with E-state index in [0.717, 1.165) is 19.4 Å². The second-order valence-corrected chi connectivity index (χ2v) is 6.74. The van der Waals surface area contributed by atoms with E-state index in [1.54, 1.807) is 7.11 Å². The van der Waals surface area contributed by atoms with Crippen LogP contribution in [0.3, 0.4) is 0 Å². The first-order valence-electron chi connectivity index (χ1n) is 6.16. The molecule has 96 valence electrons. The van der Waals surface area contributed by atoms with Crippen LogP contribution in [0, 0.1) is 5.41 Å². The molecular weight excluding hydrogens is 268 g/mol. The third-order valence-electron chi connectivity index (χ3n) is 4.21. The van der Waals surface area contributed by atoms with Gasteiger partial charge in [0, 0.05) is 24.0 Å². The van der Waals surface area contributed by atoms with Crippen molar-refractivity contribution >= 4 is 15.9 Å². The minimum absolute atomic E-state index is 0.0693. The number of methoxy groups -OCH3 is 1. The Morgan fingerprint density at radius 2 is 2.06 bits per heavy atom. The van der Waals surface area contributed by atoms with Crippen LogP contribution in [0.1, 0.15) is 47.0 Å². The third-order valence-corrected chi connectivity index (χ3v) is 5.63. The quantitative estimate of drug-likeness (QED) is 0.694. The van der Waals surface area contributed by atoms with E-state index in [-0.39, 0.29) is 5.60 Å². The van der Waals surface area contributed by atoms with Crippen LogP contribution in [0.2, 0.25) is 0 Å². The zero-order valence-corrected chi connectivity index (χ0v) is 12.8. The molecule has 3 heteroatoms. The molecule has 1 fully saturated rings. The second kappa shape index (κ2) is 5.36. The molecule has 0 amide bonds. The Hall–Kier alpha value is 0.400. The summed E-state index contributed by atoms with van der Waals surface area (Å²) in [5, 5.41) is 0. The highest BCUT2D eigenvalue weighted by molar-refractivity contribution is 9.09. The monoisotopic (exact) mass is 292 g/mol. The fourth-order valence-electron chi connectivity index (χ4n) is 2.02. The van der Waals surface area contributed by atoms with Crippen molar-refractivity contribution in [3.05, 3.63) is 0 Å². The van der Waals surface area contributed by atoms with Crippen molar-refractivity contribution in [1.82, 2.24) is 0 Å². The van der Waals surface area contributed by atoms with E-state index >= 15 is 0 Å². The Morgan fingerprint density at radius 1 is 1.44 bits per heavy atom. The van der Waals surface area contributed by atoms with Crippen molar-refractivity contribution in [3.63, 3.8) is 0 Å². The number of hydrogen-bond donors (Lipinski definition) is 0. The highest BCUT2D eigenvalue weighted by Gasteiger charge is 2.49. The number of ether oxygens (including phenoxy) is 2. The summed E-state index contributed by atoms with van der Waals surface area (Å²) >= 11 is 3.72. The Kier molecular flexibility index (Phi) is 4.85. The van der Waals surface area contributed by atoms with Gasteiger partial charge in [0.25, 0.3) is 0 Å². The van der Waals surface area contributed by atoms with Gasteiger partial charge in [0.05, 0.1) is 11.7 Å². The standard InChI is InChI=1S/C13H25BrO2/c1-6-13(4)10(14)9-11(13)16-8-7-12(2,3)15-5/h10-11H,6-9H2,1-5H3. The first-order valence-corrected chi connectivity index (χ1v) is 7.08. The molecule has 3 atom stereocenters. The maximum Gasteiger partial charge on any atom is 0.0650 e. The minimum Gasteiger partial charge on any atom is -0.379 e. The smallest absolute Gasteiger partial charge is 0.0650 e. The summed E-state index contributed by atoms with van der Waals surface area (Å²) in [5.74, 6) is 0. The van der Waals surface area contributed by atoms with E-state index in [2.05, 4.69) is 43.6 Å². The molecule has 0 N–H and O–H groups in total. The van der Waals surface area contributed by atoms with E-state index in [1.807, 2.05) is 0 Å². The fourth-order valence-corrected chi connectivity index (χ4v) is 2.98. The molecule has 0 saturated heterocycles. The van der Waals surface area contributed by atoms with Crippen LogP contribution in [-0.4, -0.2) is 30.2 Å². The summed E-state index contributed by atoms with van der Waals surface area (Å²) in [5.41, 5.74) is 0.247. The van der Waals surface area contributed by atoms with Crippen LogP contribution in [0.25, 0.3) is 0 Å². The zero-order valence-electron chi connectivity index (χ0n) is 11.2. The molecule has 0 bridgehead atoms. The summed E-state index contributed by atoms with van der Waals surface area (Å²) in [7, 11) is 1.76. The molecule has 2 nitrogen and oxygen atoms in total. The van der Waals surface area contributed by atoms with Gasteiger partial charge in [0.2, 0.25) is 0 Å². The predicted octanol–water partition coefficient (Wildman–Crippen LogP) is 3.77. The Labute approximate surface area is 108 Å². The van der Waals surface area contributed by atoms with Crippen molar-refractivity contribution in [2.24, 2.45) is 5.41 Å². The molecule has 0 heterocycles. The van der Waals surface area contributed by atoms with Crippen molar-refractivity contribution in [2.45, 2.75) is 63.5 Å². The van der Waals surface area contributed by atoms with Gasteiger partial charge in [0.15, 0.2) is 0 Å². The van der Waals surface area contributed by atoms with Gasteiger partial charge in [-0.25, -0.2) is 0 Å². The van der Waals surface area contributed by atoms with Gasteiger partial charge in [-0.05, 0) is 33.1 Å². The molecule has 0 aromatic rings. The number of hydrogen-bond acceptors (Lipinski definition) is 2. The number of rotatable bonds is 6. The first-order chi connectivity index (χ1) is 7.35. The van der Waals surface area contributed by atoms with Crippen molar-refractivity contribution < 1.29 is 9.47 Å². The lowest BCUT2D eigenvalue weighted by atomic mass is 9.66. The van der Waals surface area contributed by atoms with E-state index in [9.17, 15) is 0 Å². The SMILES string of the molecule is CCC1(C)C(Br)CC1OCCC(C)(C)OC. The highest BCUT2D eigenvalue weighted by Crippen LogP contribution is 2.50. The van der Waals surface area contributed by atoms with Gasteiger partial charge >= 0.3 is 0 Å². The van der Waals surface area contributed by atoms with Crippen molar-refractivity contribution in [1.29, 1.82) is 0 Å². The van der Waals surface area contributed by atoms with Crippen LogP contribution in [-0.2, 0) is 9.47 Å². The van der Waals surface area contributed by atoms with Crippen LogP contribution in [0.4, 0.5) is 0 Å². The van der Waals surface area contributed by atoms with Gasteiger partial charge in [-0.1, -0.05) is 29.8 Å². The Morgan fingerprint density at radius 3 is 2.50 bits per heavy atom. The Balaban J connectivity index is 2.30. The maximum absolute atomic E-state index is 5.98. The topological polar surface area (TPSA) is 18.5 Å². The largest absolute Gasteiger partial charge is 0.379 e. The predicted molar refractivity (Wildman–Crippen MR) is 71.2 cm³/mol. The molecule has 3 unspecified atom stereocenters. The molecule has 0 aromatic heterocycles. The average Bonchev–Trinajstić information content (AvgIpc) is 2.26. The molecule has 0 aromatic carbocycles. The summed E-state index contributed by atoms with van der Waals surface area (Å²) < 4.78 is 11.4. The number of alkyl halides is 1. The van der Waals surface area contributed by atoms with Crippen LogP contribution < -0.4 is 0 Å². The van der Waals surface area contributed by atoms with Crippen molar-refractivity contribution in [2.75, 3.05) is 13.7 Å². The van der Waals surface area contributed by atoms with E-state index in [4.69, 9.17) is 9.47 Å². The van der Waals surface area contributed by atoms with Gasteiger partial charge < -0.3 is 9.47 Å². The van der Waals surface area contributed by atoms with Gasteiger partial charge in [-0.2, -0.15) is 0 Å².